The summed E-state index contributed by atoms with van der Waals surface area (Å²) in [4.78, 5) is 9.05. The van der Waals surface area contributed by atoms with Gasteiger partial charge in [0.25, 0.3) is 0 Å². The summed E-state index contributed by atoms with van der Waals surface area (Å²) in [5.74, 6) is 0.877. The maximum atomic E-state index is 5.49. The van der Waals surface area contributed by atoms with Crippen molar-refractivity contribution in [3.63, 3.8) is 0 Å². The van der Waals surface area contributed by atoms with Gasteiger partial charge in [-0.05, 0) is 41.9 Å². The number of hydrogen-bond acceptors (Lipinski definition) is 3. The standard InChI is InChI=1S/C12H14BrN3/c1-8-9-4-2-5-10(13)12(9)16-11(15-8)6-3-7-14/h2,4-5H,3,6-7,14H2,1H3. The average Bonchev–Trinajstić information content (AvgIpc) is 2.28. The van der Waals surface area contributed by atoms with Crippen molar-refractivity contribution in [2.45, 2.75) is 19.8 Å². The van der Waals surface area contributed by atoms with Crippen molar-refractivity contribution in [3.8, 4) is 0 Å². The van der Waals surface area contributed by atoms with Crippen molar-refractivity contribution in [1.29, 1.82) is 0 Å². The van der Waals surface area contributed by atoms with Crippen LogP contribution < -0.4 is 5.73 Å². The number of halogens is 1. The molecule has 16 heavy (non-hydrogen) atoms. The molecule has 0 amide bonds. The summed E-state index contributed by atoms with van der Waals surface area (Å²) in [6.07, 6.45) is 1.77. The molecule has 0 spiro atoms. The average molecular weight is 280 g/mol. The van der Waals surface area contributed by atoms with Gasteiger partial charge in [-0.15, -0.1) is 0 Å². The highest BCUT2D eigenvalue weighted by Crippen LogP contribution is 2.23. The van der Waals surface area contributed by atoms with E-state index in [0.717, 1.165) is 39.7 Å². The molecule has 0 aliphatic rings. The summed E-state index contributed by atoms with van der Waals surface area (Å²) in [7, 11) is 0. The molecular weight excluding hydrogens is 266 g/mol. The van der Waals surface area contributed by atoms with Crippen LogP contribution >= 0.6 is 15.9 Å². The predicted molar refractivity (Wildman–Crippen MR) is 69.4 cm³/mol. The smallest absolute Gasteiger partial charge is 0.129 e. The Hall–Kier alpha value is -1.00. The van der Waals surface area contributed by atoms with Crippen LogP contribution in [0.1, 0.15) is 17.9 Å². The Morgan fingerprint density at radius 2 is 2.12 bits per heavy atom. The number of hydrogen-bond donors (Lipinski definition) is 1. The third-order valence-corrected chi connectivity index (χ3v) is 3.16. The van der Waals surface area contributed by atoms with Crippen LogP contribution in [0, 0.1) is 6.92 Å². The van der Waals surface area contributed by atoms with Gasteiger partial charge in [-0.2, -0.15) is 0 Å². The van der Waals surface area contributed by atoms with Gasteiger partial charge in [-0.1, -0.05) is 12.1 Å². The highest BCUT2D eigenvalue weighted by molar-refractivity contribution is 9.10. The largest absolute Gasteiger partial charge is 0.330 e. The maximum Gasteiger partial charge on any atom is 0.129 e. The topological polar surface area (TPSA) is 51.8 Å². The fraction of sp³-hybridized carbons (Fsp3) is 0.333. The van der Waals surface area contributed by atoms with E-state index >= 15 is 0 Å². The summed E-state index contributed by atoms with van der Waals surface area (Å²) in [6, 6.07) is 6.05. The summed E-state index contributed by atoms with van der Waals surface area (Å²) in [6.45, 7) is 2.69. The minimum atomic E-state index is 0.677. The molecule has 0 atom stereocenters. The minimum Gasteiger partial charge on any atom is -0.330 e. The van der Waals surface area contributed by atoms with Gasteiger partial charge in [0.05, 0.1) is 5.52 Å². The molecule has 0 fully saturated rings. The highest BCUT2D eigenvalue weighted by atomic mass is 79.9. The molecule has 1 aromatic carbocycles. The van der Waals surface area contributed by atoms with Crippen molar-refractivity contribution in [2.75, 3.05) is 6.54 Å². The zero-order valence-electron chi connectivity index (χ0n) is 9.20. The van der Waals surface area contributed by atoms with Crippen molar-refractivity contribution in [1.82, 2.24) is 9.97 Å². The molecule has 1 aromatic heterocycles. The van der Waals surface area contributed by atoms with E-state index < -0.39 is 0 Å². The number of nitrogens with two attached hydrogens (primary N) is 1. The molecule has 0 saturated heterocycles. The molecule has 0 aliphatic carbocycles. The van der Waals surface area contributed by atoms with Crippen LogP contribution in [0.15, 0.2) is 22.7 Å². The van der Waals surface area contributed by atoms with E-state index in [9.17, 15) is 0 Å². The minimum absolute atomic E-state index is 0.677. The molecule has 84 valence electrons. The van der Waals surface area contributed by atoms with Gasteiger partial charge in [0.2, 0.25) is 0 Å². The molecule has 0 aliphatic heterocycles. The van der Waals surface area contributed by atoms with Gasteiger partial charge in [0.15, 0.2) is 0 Å². The van der Waals surface area contributed by atoms with E-state index in [1.54, 1.807) is 0 Å². The molecule has 3 nitrogen and oxygen atoms in total. The zero-order valence-corrected chi connectivity index (χ0v) is 10.8. The lowest BCUT2D eigenvalue weighted by atomic mass is 10.2. The van der Waals surface area contributed by atoms with E-state index in [4.69, 9.17) is 5.73 Å². The van der Waals surface area contributed by atoms with Gasteiger partial charge in [-0.3, -0.25) is 0 Å². The fourth-order valence-corrected chi connectivity index (χ4v) is 2.16. The molecular formula is C12H14BrN3. The van der Waals surface area contributed by atoms with Crippen LogP contribution in [-0.4, -0.2) is 16.5 Å². The number of benzene rings is 1. The van der Waals surface area contributed by atoms with Crippen LogP contribution in [-0.2, 0) is 6.42 Å². The summed E-state index contributed by atoms with van der Waals surface area (Å²) in [5, 5.41) is 1.10. The SMILES string of the molecule is Cc1nc(CCCN)nc2c(Br)cccc12. The van der Waals surface area contributed by atoms with Crippen molar-refractivity contribution < 1.29 is 0 Å². The van der Waals surface area contributed by atoms with Crippen molar-refractivity contribution in [2.24, 2.45) is 5.73 Å². The van der Waals surface area contributed by atoms with E-state index in [0.29, 0.717) is 6.54 Å². The van der Waals surface area contributed by atoms with Crippen LogP contribution in [0.3, 0.4) is 0 Å². The lowest BCUT2D eigenvalue weighted by molar-refractivity contribution is 0.782. The molecule has 0 bridgehead atoms. The van der Waals surface area contributed by atoms with Gasteiger partial charge in [0, 0.05) is 22.0 Å². The van der Waals surface area contributed by atoms with Gasteiger partial charge in [0.1, 0.15) is 5.82 Å². The third kappa shape index (κ3) is 2.23. The Morgan fingerprint density at radius 1 is 1.31 bits per heavy atom. The number of rotatable bonds is 3. The first kappa shape index (κ1) is 11.5. The fourth-order valence-electron chi connectivity index (χ4n) is 1.70. The van der Waals surface area contributed by atoms with Gasteiger partial charge in [-0.25, -0.2) is 9.97 Å². The number of aromatic nitrogens is 2. The van der Waals surface area contributed by atoms with Crippen LogP contribution in [0.25, 0.3) is 10.9 Å². The predicted octanol–water partition coefficient (Wildman–Crippen LogP) is 2.59. The molecule has 0 radical (unpaired) electrons. The quantitative estimate of drug-likeness (QED) is 0.940. The highest BCUT2D eigenvalue weighted by Gasteiger charge is 2.06. The summed E-state index contributed by atoms with van der Waals surface area (Å²) in [5.41, 5.74) is 7.51. The van der Waals surface area contributed by atoms with Crippen molar-refractivity contribution in [3.05, 3.63) is 34.2 Å². The Balaban J connectivity index is 2.52. The van der Waals surface area contributed by atoms with Crippen LogP contribution in [0.2, 0.25) is 0 Å². The van der Waals surface area contributed by atoms with Gasteiger partial charge < -0.3 is 5.73 Å². The molecule has 0 unspecified atom stereocenters. The lowest BCUT2D eigenvalue weighted by Crippen LogP contribution is -2.04. The first-order valence-electron chi connectivity index (χ1n) is 5.34. The zero-order chi connectivity index (χ0) is 11.5. The van der Waals surface area contributed by atoms with E-state index in [1.807, 2.05) is 25.1 Å². The Labute approximate surface area is 103 Å². The second-order valence-corrected chi connectivity index (χ2v) is 4.61. The molecule has 1 heterocycles. The first-order chi connectivity index (χ1) is 7.72. The number of nitrogens with zero attached hydrogens (tertiary/aromatic N) is 2. The molecule has 2 aromatic rings. The Morgan fingerprint density at radius 3 is 2.88 bits per heavy atom. The molecule has 0 saturated carbocycles. The third-order valence-electron chi connectivity index (χ3n) is 2.52. The van der Waals surface area contributed by atoms with Crippen molar-refractivity contribution >= 4 is 26.8 Å². The summed E-state index contributed by atoms with van der Waals surface area (Å²) >= 11 is 3.52. The van der Waals surface area contributed by atoms with E-state index in [1.165, 1.54) is 0 Å². The first-order valence-corrected chi connectivity index (χ1v) is 6.13. The van der Waals surface area contributed by atoms with Crippen LogP contribution in [0.5, 0.6) is 0 Å². The number of aryl methyl sites for hydroxylation is 2. The Bertz CT molecular complexity index is 511. The lowest BCUT2D eigenvalue weighted by Gasteiger charge is -2.06. The second-order valence-electron chi connectivity index (χ2n) is 3.75. The normalized spacial score (nSPS) is 10.9. The monoisotopic (exact) mass is 279 g/mol. The second kappa shape index (κ2) is 4.89. The molecule has 2 N–H and O–H groups in total. The molecule has 4 heteroatoms. The number of fused-ring (bicyclic) bond motifs is 1. The summed E-state index contributed by atoms with van der Waals surface area (Å²) < 4.78 is 1.02. The maximum absolute atomic E-state index is 5.49. The number of para-hydroxylation sites is 1. The van der Waals surface area contributed by atoms with E-state index in [-0.39, 0.29) is 0 Å². The Kier molecular flexibility index (Phi) is 3.51. The molecule has 2 rings (SSSR count). The van der Waals surface area contributed by atoms with Gasteiger partial charge >= 0.3 is 0 Å². The van der Waals surface area contributed by atoms with Crippen LogP contribution in [0.4, 0.5) is 0 Å². The van der Waals surface area contributed by atoms with E-state index in [2.05, 4.69) is 25.9 Å².